The van der Waals surface area contributed by atoms with Crippen LogP contribution in [0.2, 0.25) is 0 Å². The maximum Gasteiger partial charge on any atom is 0.143 e. The molecule has 1 N–H and O–H groups in total. The molecule has 0 saturated heterocycles. The molecule has 9 aromatic carbocycles. The van der Waals surface area contributed by atoms with Gasteiger partial charge < -0.3 is 14.3 Å². The minimum Gasteiger partial charge on any atom is -0.455 e. The van der Waals surface area contributed by atoms with Gasteiger partial charge in [0, 0.05) is 49.7 Å². The summed E-state index contributed by atoms with van der Waals surface area (Å²) in [6.07, 6.45) is 0. The molecule has 0 atom stereocenters. The molecule has 3 heteroatoms. The van der Waals surface area contributed by atoms with Crippen molar-refractivity contribution in [3.05, 3.63) is 212 Å². The van der Waals surface area contributed by atoms with Crippen LogP contribution in [-0.2, 0) is 0 Å². The predicted octanol–water partition coefficient (Wildman–Crippen LogP) is 15.1. The number of hydrogen-bond acceptors (Lipinski definition) is 2. The number of benzene rings is 9. The van der Waals surface area contributed by atoms with Crippen molar-refractivity contribution in [1.29, 1.82) is 0 Å². The van der Waals surface area contributed by atoms with Crippen LogP contribution < -0.4 is 5.32 Å². The van der Waals surface area contributed by atoms with Crippen molar-refractivity contribution < 1.29 is 4.42 Å². The summed E-state index contributed by atoms with van der Waals surface area (Å²) in [6.45, 7) is 0. The van der Waals surface area contributed by atoms with Crippen LogP contribution >= 0.6 is 0 Å². The van der Waals surface area contributed by atoms with Crippen LogP contribution in [0.4, 0.5) is 11.4 Å². The molecule has 0 aliphatic rings. The second-order valence-corrected chi connectivity index (χ2v) is 14.6. The highest BCUT2D eigenvalue weighted by atomic mass is 16.3. The van der Waals surface area contributed by atoms with E-state index in [0.29, 0.717) is 0 Å². The third-order valence-corrected chi connectivity index (χ3v) is 11.2. The Morgan fingerprint density at radius 1 is 0.351 bits per heavy atom. The molecule has 0 aliphatic carbocycles. The van der Waals surface area contributed by atoms with Crippen LogP contribution in [0.1, 0.15) is 0 Å². The van der Waals surface area contributed by atoms with Crippen molar-refractivity contribution in [3.63, 3.8) is 0 Å². The third kappa shape index (κ3) is 5.76. The van der Waals surface area contributed by atoms with Gasteiger partial charge in [0.05, 0.1) is 11.0 Å². The average Bonchev–Trinajstić information content (AvgIpc) is 3.83. The first kappa shape index (κ1) is 32.8. The SMILES string of the molecule is c1ccc(Nc2ccc(-c3cccc(-c4ccc5c(c4)c4ccccc4n5-c4ccccc4)c3)cc2-c2cccc(-c3cccc4c3oc3ccccc34)c2)cc1. The minimum atomic E-state index is 0.902. The highest BCUT2D eigenvalue weighted by Gasteiger charge is 2.16. The fraction of sp³-hybridized carbons (Fsp3) is 0. The molecule has 0 bridgehead atoms. The summed E-state index contributed by atoms with van der Waals surface area (Å²) < 4.78 is 8.83. The fourth-order valence-electron chi connectivity index (χ4n) is 8.46. The van der Waals surface area contributed by atoms with Crippen LogP contribution in [-0.4, -0.2) is 4.57 Å². The van der Waals surface area contributed by atoms with Gasteiger partial charge in [0.1, 0.15) is 11.2 Å². The van der Waals surface area contributed by atoms with E-state index < -0.39 is 0 Å². The van der Waals surface area contributed by atoms with E-state index in [1.54, 1.807) is 0 Å². The van der Waals surface area contributed by atoms with E-state index in [-0.39, 0.29) is 0 Å². The summed E-state index contributed by atoms with van der Waals surface area (Å²) in [5, 5.41) is 8.47. The maximum absolute atomic E-state index is 6.46. The Bertz CT molecular complexity index is 3260. The molecular formula is C54H36N2O. The van der Waals surface area contributed by atoms with Crippen molar-refractivity contribution in [1.82, 2.24) is 4.57 Å². The lowest BCUT2D eigenvalue weighted by atomic mass is 9.93. The quantitative estimate of drug-likeness (QED) is 0.177. The number of para-hydroxylation sites is 5. The highest BCUT2D eigenvalue weighted by molar-refractivity contribution is 6.11. The van der Waals surface area contributed by atoms with Crippen LogP contribution in [0.15, 0.2) is 217 Å². The van der Waals surface area contributed by atoms with Crippen molar-refractivity contribution in [2.24, 2.45) is 0 Å². The van der Waals surface area contributed by atoms with Crippen LogP contribution in [0.5, 0.6) is 0 Å². The van der Waals surface area contributed by atoms with Crippen molar-refractivity contribution in [2.45, 2.75) is 0 Å². The summed E-state index contributed by atoms with van der Waals surface area (Å²) in [6, 6.07) is 75.8. The van der Waals surface area contributed by atoms with Crippen molar-refractivity contribution >= 4 is 55.1 Å². The molecule has 0 radical (unpaired) electrons. The van der Waals surface area contributed by atoms with Crippen molar-refractivity contribution in [3.8, 4) is 50.2 Å². The number of hydrogen-bond donors (Lipinski definition) is 1. The van der Waals surface area contributed by atoms with E-state index in [0.717, 1.165) is 72.4 Å². The molecule has 0 unspecified atom stereocenters. The first-order valence-electron chi connectivity index (χ1n) is 19.4. The van der Waals surface area contributed by atoms with E-state index >= 15 is 0 Å². The monoisotopic (exact) mass is 728 g/mol. The van der Waals surface area contributed by atoms with Gasteiger partial charge in [-0.25, -0.2) is 0 Å². The Kier molecular flexibility index (Phi) is 7.82. The number of furan rings is 1. The van der Waals surface area contributed by atoms with E-state index in [9.17, 15) is 0 Å². The number of fused-ring (bicyclic) bond motifs is 6. The van der Waals surface area contributed by atoms with Gasteiger partial charge in [-0.1, -0.05) is 140 Å². The molecule has 11 aromatic rings. The summed E-state index contributed by atoms with van der Waals surface area (Å²) in [5.74, 6) is 0. The second kappa shape index (κ2) is 13.6. The Balaban J connectivity index is 1.02. The van der Waals surface area contributed by atoms with Crippen molar-refractivity contribution in [2.75, 3.05) is 5.32 Å². The second-order valence-electron chi connectivity index (χ2n) is 14.6. The van der Waals surface area contributed by atoms with E-state index in [2.05, 4.69) is 204 Å². The minimum absolute atomic E-state index is 0.902. The lowest BCUT2D eigenvalue weighted by Crippen LogP contribution is -1.94. The van der Waals surface area contributed by atoms with Crippen LogP contribution in [0.25, 0.3) is 93.9 Å². The van der Waals surface area contributed by atoms with Gasteiger partial charge in [0.2, 0.25) is 0 Å². The molecule has 0 amide bonds. The molecular weight excluding hydrogens is 693 g/mol. The highest BCUT2D eigenvalue weighted by Crippen LogP contribution is 2.41. The van der Waals surface area contributed by atoms with Gasteiger partial charge in [0.25, 0.3) is 0 Å². The van der Waals surface area contributed by atoms with E-state index in [1.807, 2.05) is 18.2 Å². The molecule has 268 valence electrons. The first-order valence-corrected chi connectivity index (χ1v) is 19.4. The number of anilines is 2. The molecule has 11 rings (SSSR count). The molecule has 0 fully saturated rings. The summed E-state index contributed by atoms with van der Waals surface area (Å²) >= 11 is 0. The average molecular weight is 729 g/mol. The lowest BCUT2D eigenvalue weighted by Gasteiger charge is -2.16. The van der Waals surface area contributed by atoms with Gasteiger partial charge >= 0.3 is 0 Å². The molecule has 0 saturated carbocycles. The lowest BCUT2D eigenvalue weighted by molar-refractivity contribution is 0.670. The molecule has 3 nitrogen and oxygen atoms in total. The zero-order valence-electron chi connectivity index (χ0n) is 31.1. The Hall–Kier alpha value is -7.62. The molecule has 57 heavy (non-hydrogen) atoms. The normalized spacial score (nSPS) is 11.5. The summed E-state index contributed by atoms with van der Waals surface area (Å²) in [4.78, 5) is 0. The van der Waals surface area contributed by atoms with Gasteiger partial charge in [-0.15, -0.1) is 0 Å². The number of nitrogens with zero attached hydrogens (tertiary/aromatic N) is 1. The Labute approximate surface area is 330 Å². The number of aromatic nitrogens is 1. The topological polar surface area (TPSA) is 30.1 Å². The summed E-state index contributed by atoms with van der Waals surface area (Å²) in [7, 11) is 0. The van der Waals surface area contributed by atoms with Crippen LogP contribution in [0, 0.1) is 0 Å². The van der Waals surface area contributed by atoms with Crippen LogP contribution in [0.3, 0.4) is 0 Å². The summed E-state index contributed by atoms with van der Waals surface area (Å²) in [5.41, 5.74) is 16.6. The molecule has 2 heterocycles. The molecule has 0 spiro atoms. The van der Waals surface area contributed by atoms with E-state index in [4.69, 9.17) is 4.42 Å². The van der Waals surface area contributed by atoms with Gasteiger partial charge in [-0.05, 0) is 106 Å². The Morgan fingerprint density at radius 3 is 1.75 bits per heavy atom. The van der Waals surface area contributed by atoms with E-state index in [1.165, 1.54) is 32.9 Å². The standard InChI is InChI=1S/C54H36N2O/c1-3-18-42(19-4-1)55-50-30-28-38(34-48(50)41-17-12-16-40(33-41)44-24-13-25-47-46-23-8-10-27-53(46)57-54(44)47)36-14-11-15-37(32-36)39-29-31-52-49(35-39)45-22-7-9-26-51(45)56(52)43-20-5-2-6-21-43/h1-35,55H. The molecule has 0 aliphatic heterocycles. The number of nitrogens with one attached hydrogen (secondary N) is 1. The third-order valence-electron chi connectivity index (χ3n) is 11.2. The van der Waals surface area contributed by atoms with Gasteiger partial charge in [-0.2, -0.15) is 0 Å². The maximum atomic E-state index is 6.46. The Morgan fingerprint density at radius 2 is 0.930 bits per heavy atom. The number of rotatable bonds is 7. The smallest absolute Gasteiger partial charge is 0.143 e. The zero-order valence-corrected chi connectivity index (χ0v) is 31.1. The first-order chi connectivity index (χ1) is 28.2. The fourth-order valence-corrected chi connectivity index (χ4v) is 8.46. The molecule has 2 aromatic heterocycles. The largest absolute Gasteiger partial charge is 0.455 e. The van der Waals surface area contributed by atoms with Gasteiger partial charge in [-0.3, -0.25) is 0 Å². The zero-order chi connectivity index (χ0) is 37.7. The predicted molar refractivity (Wildman–Crippen MR) is 240 cm³/mol. The van der Waals surface area contributed by atoms with Gasteiger partial charge in [0.15, 0.2) is 0 Å².